The lowest BCUT2D eigenvalue weighted by molar-refractivity contribution is 0.0853. The number of allylic oxidation sites excluding steroid dienone is 3. The molecule has 1 fully saturated rings. The lowest BCUT2D eigenvalue weighted by Crippen LogP contribution is -2.54. The summed E-state index contributed by atoms with van der Waals surface area (Å²) in [7, 11) is 0. The molecular formula is C31H30Cl2F2N8. The first-order valence-electron chi connectivity index (χ1n) is 14.0. The molecule has 3 heterocycles. The minimum Gasteiger partial charge on any atom is -0.376 e. The van der Waals surface area contributed by atoms with Crippen molar-refractivity contribution in [3.05, 3.63) is 94.2 Å². The van der Waals surface area contributed by atoms with Gasteiger partial charge < -0.3 is 21.4 Å². The van der Waals surface area contributed by atoms with Crippen LogP contribution in [0.1, 0.15) is 25.3 Å². The topological polar surface area (TPSA) is 100 Å². The Balaban J connectivity index is 1.39. The Morgan fingerprint density at radius 3 is 2.77 bits per heavy atom. The molecule has 0 spiro atoms. The maximum absolute atomic E-state index is 14.8. The van der Waals surface area contributed by atoms with Crippen LogP contribution >= 0.6 is 23.2 Å². The van der Waals surface area contributed by atoms with Crippen molar-refractivity contribution in [3.63, 3.8) is 0 Å². The van der Waals surface area contributed by atoms with Crippen LogP contribution in [0.3, 0.4) is 0 Å². The van der Waals surface area contributed by atoms with E-state index in [-0.39, 0.29) is 28.1 Å². The molecule has 3 aromatic rings. The Morgan fingerprint density at radius 1 is 1.19 bits per heavy atom. The van der Waals surface area contributed by atoms with Crippen molar-refractivity contribution in [1.82, 2.24) is 26.3 Å². The van der Waals surface area contributed by atoms with Gasteiger partial charge in [-0.2, -0.15) is 5.26 Å². The molecule has 4 atom stereocenters. The molecule has 0 amide bonds. The number of hydrazine groups is 2. The third-order valence-electron chi connectivity index (χ3n) is 8.14. The number of alkyl halides is 1. The number of fused-ring (bicyclic) bond motifs is 1. The number of nitriles is 1. The smallest absolute Gasteiger partial charge is 0.141 e. The number of hydrogen-bond acceptors (Lipinski definition) is 8. The van der Waals surface area contributed by atoms with Crippen molar-refractivity contribution >= 4 is 51.2 Å². The third kappa shape index (κ3) is 5.86. The largest absolute Gasteiger partial charge is 0.376 e. The van der Waals surface area contributed by atoms with Crippen molar-refractivity contribution in [2.24, 2.45) is 5.41 Å². The van der Waals surface area contributed by atoms with Crippen molar-refractivity contribution in [2.75, 3.05) is 23.7 Å². The van der Waals surface area contributed by atoms with Crippen molar-refractivity contribution < 1.29 is 8.78 Å². The number of benzene rings is 2. The summed E-state index contributed by atoms with van der Waals surface area (Å²) in [6.07, 6.45) is 12.1. The number of hydrogen-bond donors (Lipinski definition) is 5. The summed E-state index contributed by atoms with van der Waals surface area (Å²) in [4.78, 5) is 4.45. The Hall–Kier alpha value is -3.88. The lowest BCUT2D eigenvalue weighted by Gasteiger charge is -2.37. The molecule has 2 aromatic carbocycles. The fourth-order valence-electron chi connectivity index (χ4n) is 5.79. The molecule has 1 aliphatic carbocycles. The molecule has 43 heavy (non-hydrogen) atoms. The quantitative estimate of drug-likeness (QED) is 0.205. The Kier molecular flexibility index (Phi) is 8.16. The van der Waals surface area contributed by atoms with Crippen LogP contribution in [0.4, 0.5) is 25.8 Å². The van der Waals surface area contributed by atoms with Gasteiger partial charge in [0.15, 0.2) is 0 Å². The normalized spacial score (nSPS) is 23.9. The second kappa shape index (κ2) is 12.0. The Labute approximate surface area is 258 Å². The SMILES string of the molecule is CC1([C@H](Nc2cc(Cl)c3ncc(C#N)c(Nc4ccc(F)c(Cl)c4)c3c2)C2=CN(C3CCNC[C@H]3F)NN2)C=CC=CC1. The number of piperidine rings is 1. The number of halogens is 4. The maximum atomic E-state index is 14.8. The van der Waals surface area contributed by atoms with Crippen LogP contribution in [0.5, 0.6) is 0 Å². The molecule has 2 unspecified atom stereocenters. The molecule has 5 N–H and O–H groups in total. The van der Waals surface area contributed by atoms with E-state index in [1.54, 1.807) is 12.1 Å². The van der Waals surface area contributed by atoms with Gasteiger partial charge in [-0.05, 0) is 49.7 Å². The molecule has 222 valence electrons. The summed E-state index contributed by atoms with van der Waals surface area (Å²) >= 11 is 12.8. The van der Waals surface area contributed by atoms with Gasteiger partial charge in [0.2, 0.25) is 0 Å². The molecule has 0 bridgehead atoms. The lowest BCUT2D eigenvalue weighted by atomic mass is 9.75. The molecule has 8 nitrogen and oxygen atoms in total. The van der Waals surface area contributed by atoms with Crippen LogP contribution in [0.2, 0.25) is 10.0 Å². The molecule has 3 aliphatic rings. The van der Waals surface area contributed by atoms with E-state index in [1.807, 2.05) is 29.4 Å². The summed E-state index contributed by atoms with van der Waals surface area (Å²) in [6, 6.07) is 9.52. The van der Waals surface area contributed by atoms with Gasteiger partial charge in [0.1, 0.15) is 18.1 Å². The fraction of sp³-hybridized carbons (Fsp3) is 0.290. The summed E-state index contributed by atoms with van der Waals surface area (Å²) in [5.41, 5.74) is 9.36. The average Bonchev–Trinajstić information content (AvgIpc) is 3.48. The summed E-state index contributed by atoms with van der Waals surface area (Å²) < 4.78 is 28.6. The predicted octanol–water partition coefficient (Wildman–Crippen LogP) is 6.47. The standard InChI is InChI=1S/C31H30Cl2F2N8/c1-31(8-3-2-4-9-31)30(26-17-43(42-41-26)27-7-10-37-16-25(27)35)40-20-11-21-28(39-19-5-6-24(34)22(32)12-19)18(14-36)15-38-29(21)23(33)13-20/h2-6,8,11-13,15,17,25,27,30,37,40-42H,7,9-10,16H2,1H3,(H,38,39)/t25-,27?,30-,31?/m1/s1. The van der Waals surface area contributed by atoms with Crippen molar-refractivity contribution in [1.29, 1.82) is 5.26 Å². The van der Waals surface area contributed by atoms with Gasteiger partial charge in [0.25, 0.3) is 0 Å². The number of rotatable bonds is 7. The molecular weight excluding hydrogens is 593 g/mol. The van der Waals surface area contributed by atoms with Crippen LogP contribution in [0.25, 0.3) is 10.9 Å². The zero-order chi connectivity index (χ0) is 30.1. The highest BCUT2D eigenvalue weighted by Gasteiger charge is 2.39. The van der Waals surface area contributed by atoms with Crippen LogP contribution in [-0.2, 0) is 0 Å². The third-order valence-corrected chi connectivity index (χ3v) is 8.71. The predicted molar refractivity (Wildman–Crippen MR) is 167 cm³/mol. The van der Waals surface area contributed by atoms with Crippen molar-refractivity contribution in [3.8, 4) is 6.07 Å². The number of aromatic nitrogens is 1. The van der Waals surface area contributed by atoms with Crippen LogP contribution in [0.15, 0.2) is 72.7 Å². The fourth-order valence-corrected chi connectivity index (χ4v) is 6.24. The van der Waals surface area contributed by atoms with E-state index >= 15 is 0 Å². The van der Waals surface area contributed by atoms with Crippen LogP contribution in [0, 0.1) is 22.6 Å². The highest BCUT2D eigenvalue weighted by molar-refractivity contribution is 6.36. The number of anilines is 3. The first-order valence-corrected chi connectivity index (χ1v) is 14.7. The van der Waals surface area contributed by atoms with Gasteiger partial charge in [-0.15, -0.1) is 5.53 Å². The first kappa shape index (κ1) is 29.2. The van der Waals surface area contributed by atoms with E-state index in [0.717, 1.165) is 18.7 Å². The number of nitrogens with one attached hydrogen (secondary N) is 5. The molecule has 1 saturated heterocycles. The van der Waals surface area contributed by atoms with E-state index in [2.05, 4.69) is 57.0 Å². The van der Waals surface area contributed by atoms with Crippen LogP contribution < -0.4 is 26.9 Å². The van der Waals surface area contributed by atoms with E-state index in [9.17, 15) is 14.0 Å². The zero-order valence-electron chi connectivity index (χ0n) is 23.3. The summed E-state index contributed by atoms with van der Waals surface area (Å²) in [5, 5.41) is 22.6. The number of pyridine rings is 1. The zero-order valence-corrected chi connectivity index (χ0v) is 24.8. The van der Waals surface area contributed by atoms with E-state index in [1.165, 1.54) is 18.3 Å². The Morgan fingerprint density at radius 2 is 2.02 bits per heavy atom. The van der Waals surface area contributed by atoms with Gasteiger partial charge in [0, 0.05) is 41.1 Å². The molecule has 1 aromatic heterocycles. The summed E-state index contributed by atoms with van der Waals surface area (Å²) in [5.74, 6) is -0.543. The minimum absolute atomic E-state index is 0.0449. The molecule has 0 radical (unpaired) electrons. The molecule has 6 rings (SSSR count). The van der Waals surface area contributed by atoms with Crippen molar-refractivity contribution in [2.45, 2.75) is 38.0 Å². The van der Waals surface area contributed by atoms with Crippen LogP contribution in [-0.4, -0.2) is 41.3 Å². The van der Waals surface area contributed by atoms with E-state index in [4.69, 9.17) is 23.2 Å². The van der Waals surface area contributed by atoms with Gasteiger partial charge >= 0.3 is 0 Å². The molecule has 12 heteroatoms. The average molecular weight is 624 g/mol. The minimum atomic E-state index is -1.01. The van der Waals surface area contributed by atoms with Gasteiger partial charge in [-0.25, -0.2) is 8.78 Å². The maximum Gasteiger partial charge on any atom is 0.141 e. The highest BCUT2D eigenvalue weighted by atomic mass is 35.5. The number of nitrogens with zero attached hydrogens (tertiary/aromatic N) is 3. The van der Waals surface area contributed by atoms with Gasteiger partial charge in [-0.3, -0.25) is 9.99 Å². The van der Waals surface area contributed by atoms with Gasteiger partial charge in [-0.1, -0.05) is 54.4 Å². The Bertz CT molecular complexity index is 1690. The van der Waals surface area contributed by atoms with E-state index in [0.29, 0.717) is 46.0 Å². The molecule has 0 saturated carbocycles. The second-order valence-electron chi connectivity index (χ2n) is 11.1. The molecule has 2 aliphatic heterocycles. The highest BCUT2D eigenvalue weighted by Crippen LogP contribution is 2.40. The van der Waals surface area contributed by atoms with E-state index < -0.39 is 12.0 Å². The second-order valence-corrected chi connectivity index (χ2v) is 12.0. The van der Waals surface area contributed by atoms with Gasteiger partial charge in [0.05, 0.1) is 44.6 Å². The first-order chi connectivity index (χ1) is 20.8. The summed E-state index contributed by atoms with van der Waals surface area (Å²) in [6.45, 7) is 3.21. The monoisotopic (exact) mass is 622 g/mol.